The van der Waals surface area contributed by atoms with E-state index < -0.39 is 84.6 Å². The van der Waals surface area contributed by atoms with Crippen LogP contribution in [0.15, 0.2) is 18.5 Å². The van der Waals surface area contributed by atoms with Gasteiger partial charge in [0.05, 0.1) is 24.0 Å². The zero-order valence-electron chi connectivity index (χ0n) is 24.5. The van der Waals surface area contributed by atoms with Gasteiger partial charge in [0.2, 0.25) is 23.6 Å². The van der Waals surface area contributed by atoms with E-state index in [9.17, 15) is 35.9 Å². The monoisotopic (exact) mass is 633 g/mol. The molecular weight excluding hydrogens is 599 g/mol. The maximum absolute atomic E-state index is 15.9. The molecule has 1 aromatic carbocycles. The molecule has 3 N–H and O–H groups in total. The van der Waals surface area contributed by atoms with Crippen molar-refractivity contribution in [2.24, 2.45) is 5.92 Å². The van der Waals surface area contributed by atoms with E-state index in [1.54, 1.807) is 13.8 Å². The second kappa shape index (κ2) is 12.3. The third kappa shape index (κ3) is 7.86. The normalized spacial score (nSPS) is 17.5. The second-order valence-electron chi connectivity index (χ2n) is 11.9. The topological polar surface area (TPSA) is 118 Å². The molecule has 2 aromatic heterocycles. The Kier molecular flexibility index (Phi) is 9.31. The van der Waals surface area contributed by atoms with E-state index in [1.165, 1.54) is 17.1 Å². The maximum atomic E-state index is 15.9. The van der Waals surface area contributed by atoms with E-state index in [1.807, 2.05) is 5.32 Å². The van der Waals surface area contributed by atoms with E-state index in [-0.39, 0.29) is 41.6 Å². The number of nitrogens with one attached hydrogen (secondary N) is 3. The molecular formula is C28H34F7N7O2. The number of fused-ring (bicyclic) bond motifs is 1. The van der Waals surface area contributed by atoms with E-state index in [4.69, 9.17) is 0 Å². The van der Waals surface area contributed by atoms with E-state index in [0.29, 0.717) is 13.8 Å². The Hall–Kier alpha value is -3.72. The van der Waals surface area contributed by atoms with Gasteiger partial charge >= 0.3 is 0 Å². The van der Waals surface area contributed by atoms with E-state index in [0.717, 1.165) is 6.07 Å². The third-order valence-corrected chi connectivity index (χ3v) is 7.55. The van der Waals surface area contributed by atoms with Crippen LogP contribution in [0.2, 0.25) is 0 Å². The molecule has 0 radical (unpaired) electrons. The lowest BCUT2D eigenvalue weighted by molar-refractivity contribution is -0.126. The predicted molar refractivity (Wildman–Crippen MR) is 145 cm³/mol. The van der Waals surface area contributed by atoms with Crippen LogP contribution in [0, 0.1) is 11.7 Å². The average Bonchev–Trinajstić information content (AvgIpc) is 3.57. The van der Waals surface area contributed by atoms with Gasteiger partial charge in [0.25, 0.3) is 11.8 Å². The third-order valence-electron chi connectivity index (χ3n) is 7.55. The molecule has 1 aliphatic carbocycles. The first-order chi connectivity index (χ1) is 20.3. The summed E-state index contributed by atoms with van der Waals surface area (Å²) in [6.45, 7) is 3.47. The molecule has 1 saturated carbocycles. The molecule has 3 aromatic rings. The van der Waals surface area contributed by atoms with Crippen LogP contribution < -0.4 is 10.6 Å². The van der Waals surface area contributed by atoms with Crippen molar-refractivity contribution in [1.82, 2.24) is 35.4 Å². The van der Waals surface area contributed by atoms with E-state index >= 15 is 4.39 Å². The first-order valence-corrected chi connectivity index (χ1v) is 14.1. The Morgan fingerprint density at radius 1 is 1.11 bits per heavy atom. The Bertz CT molecular complexity index is 1480. The molecule has 4 rings (SSSR count). The second-order valence-corrected chi connectivity index (χ2v) is 11.9. The summed E-state index contributed by atoms with van der Waals surface area (Å²) in [6, 6.07) is 1.14. The Morgan fingerprint density at radius 3 is 2.36 bits per heavy atom. The number of aromatic amines is 1. The standard InChI is InChI=1S/C28H34F7N7O2/c1-14(2)42-23(37-13-38-42)25(44)41-20(15-7-9-28(34,35)10-8-15)22-39-18-6-5-16(19(29)21(18)40-22)17(11-26(3,30)31)24(43)36-12-27(4,32)33/h5-6,13-15,17,20H,7-12H2,1-4H3,(H,36,43)(H,39,40)(H,41,44)/t17?,20-/m0/s1. The smallest absolute Gasteiger partial charge is 0.289 e. The zero-order chi connectivity index (χ0) is 32.6. The summed E-state index contributed by atoms with van der Waals surface area (Å²) in [6.07, 6.45) is -0.838. The number of H-pyrrole nitrogens is 1. The van der Waals surface area contributed by atoms with Crippen molar-refractivity contribution in [1.29, 1.82) is 0 Å². The lowest BCUT2D eigenvalue weighted by Crippen LogP contribution is -2.39. The van der Waals surface area contributed by atoms with Crippen LogP contribution in [0.1, 0.15) is 99.8 Å². The SMILES string of the molecule is CC(C)n1ncnc1C(=O)N[C@H](c1nc2c(F)c(C(CC(C)(F)F)C(=O)NCC(C)(F)F)ccc2[nH]1)C1CCC(F)(F)CC1. The zero-order valence-corrected chi connectivity index (χ0v) is 24.5. The summed E-state index contributed by atoms with van der Waals surface area (Å²) >= 11 is 0. The first-order valence-electron chi connectivity index (χ1n) is 14.1. The molecule has 0 spiro atoms. The van der Waals surface area contributed by atoms with Gasteiger partial charge in [-0.3, -0.25) is 9.59 Å². The molecule has 0 aliphatic heterocycles. The highest BCUT2D eigenvalue weighted by Crippen LogP contribution is 2.42. The number of imidazole rings is 1. The maximum Gasteiger partial charge on any atom is 0.289 e. The Labute approximate surface area is 248 Å². The lowest BCUT2D eigenvalue weighted by Gasteiger charge is -2.33. The predicted octanol–water partition coefficient (Wildman–Crippen LogP) is 6.07. The van der Waals surface area contributed by atoms with Gasteiger partial charge in [-0.15, -0.1) is 0 Å². The molecule has 2 atom stereocenters. The van der Waals surface area contributed by atoms with Crippen LogP contribution in [0.25, 0.3) is 11.0 Å². The molecule has 44 heavy (non-hydrogen) atoms. The number of aromatic nitrogens is 5. The molecule has 9 nitrogen and oxygen atoms in total. The molecule has 0 bridgehead atoms. The fraction of sp³-hybridized carbons (Fsp3) is 0.607. The van der Waals surface area contributed by atoms with Crippen molar-refractivity contribution in [2.75, 3.05) is 6.54 Å². The molecule has 16 heteroatoms. The number of hydrogen-bond donors (Lipinski definition) is 3. The quantitative estimate of drug-likeness (QED) is 0.222. The van der Waals surface area contributed by atoms with Crippen LogP contribution in [0.4, 0.5) is 30.7 Å². The number of carbonyl (C=O) groups excluding carboxylic acids is 2. The van der Waals surface area contributed by atoms with Gasteiger partial charge in [0.15, 0.2) is 5.82 Å². The summed E-state index contributed by atoms with van der Waals surface area (Å²) in [5, 5.41) is 8.70. The number of alkyl halides is 6. The number of benzene rings is 1. The molecule has 1 aliphatic rings. The molecule has 1 fully saturated rings. The fourth-order valence-electron chi connectivity index (χ4n) is 5.36. The van der Waals surface area contributed by atoms with Crippen molar-refractivity contribution in [3.63, 3.8) is 0 Å². The van der Waals surface area contributed by atoms with Crippen molar-refractivity contribution < 1.29 is 40.3 Å². The van der Waals surface area contributed by atoms with Crippen LogP contribution in [-0.4, -0.2) is 60.9 Å². The van der Waals surface area contributed by atoms with Crippen molar-refractivity contribution in [2.45, 2.75) is 95.6 Å². The summed E-state index contributed by atoms with van der Waals surface area (Å²) < 4.78 is 100. The molecule has 1 unspecified atom stereocenters. The van der Waals surface area contributed by atoms with Gasteiger partial charge < -0.3 is 15.6 Å². The first kappa shape index (κ1) is 33.2. The van der Waals surface area contributed by atoms with Gasteiger partial charge in [-0.1, -0.05) is 6.07 Å². The highest BCUT2D eigenvalue weighted by Gasteiger charge is 2.41. The van der Waals surface area contributed by atoms with Crippen LogP contribution >= 0.6 is 0 Å². The highest BCUT2D eigenvalue weighted by molar-refractivity contribution is 5.91. The number of rotatable bonds is 11. The van der Waals surface area contributed by atoms with Gasteiger partial charge in [-0.2, -0.15) is 5.10 Å². The fourth-order valence-corrected chi connectivity index (χ4v) is 5.36. The minimum atomic E-state index is -3.45. The highest BCUT2D eigenvalue weighted by atomic mass is 19.3. The minimum Gasteiger partial charge on any atom is -0.350 e. The largest absolute Gasteiger partial charge is 0.350 e. The Balaban J connectivity index is 1.72. The van der Waals surface area contributed by atoms with Crippen molar-refractivity contribution >= 4 is 22.8 Å². The molecule has 2 amide bonds. The Morgan fingerprint density at radius 2 is 1.77 bits per heavy atom. The van der Waals surface area contributed by atoms with E-state index in [2.05, 4.69) is 25.4 Å². The number of amides is 2. The number of nitrogens with zero attached hydrogens (tertiary/aromatic N) is 4. The molecule has 242 valence electrons. The van der Waals surface area contributed by atoms with Gasteiger partial charge in [-0.25, -0.2) is 45.4 Å². The number of carbonyl (C=O) groups is 2. The number of hydrogen-bond acceptors (Lipinski definition) is 5. The minimum absolute atomic E-state index is 0.00941. The van der Waals surface area contributed by atoms with Gasteiger partial charge in [0.1, 0.15) is 17.7 Å². The van der Waals surface area contributed by atoms with Crippen LogP contribution in [0.5, 0.6) is 0 Å². The molecule has 0 saturated heterocycles. The van der Waals surface area contributed by atoms with Gasteiger partial charge in [0, 0.05) is 37.8 Å². The average molecular weight is 634 g/mol. The van der Waals surface area contributed by atoms with Crippen molar-refractivity contribution in [3.05, 3.63) is 41.5 Å². The van der Waals surface area contributed by atoms with Crippen molar-refractivity contribution in [3.8, 4) is 0 Å². The van der Waals surface area contributed by atoms with Crippen LogP contribution in [0.3, 0.4) is 0 Å². The lowest BCUT2D eigenvalue weighted by atomic mass is 9.81. The van der Waals surface area contributed by atoms with Gasteiger partial charge in [-0.05, 0) is 45.6 Å². The summed E-state index contributed by atoms with van der Waals surface area (Å²) in [4.78, 5) is 37.2. The molecule has 2 heterocycles. The summed E-state index contributed by atoms with van der Waals surface area (Å²) in [7, 11) is 0. The summed E-state index contributed by atoms with van der Waals surface area (Å²) in [5.41, 5.74) is -0.771. The summed E-state index contributed by atoms with van der Waals surface area (Å²) in [5.74, 6) is -15.1. The van der Waals surface area contributed by atoms with Crippen LogP contribution in [-0.2, 0) is 4.79 Å². The number of halogens is 7.